The zero-order chi connectivity index (χ0) is 12.3. The molecule has 1 unspecified atom stereocenters. The molecule has 90 valence electrons. The van der Waals surface area contributed by atoms with Crippen molar-refractivity contribution in [3.63, 3.8) is 0 Å². The highest BCUT2D eigenvalue weighted by molar-refractivity contribution is 6.20. The van der Waals surface area contributed by atoms with Gasteiger partial charge in [0.1, 0.15) is 5.75 Å². The SMILES string of the molecule is CCCC(Cl)c1ccc2cc(OC)ccc2c1. The Labute approximate surface area is 107 Å². The van der Waals surface area contributed by atoms with Gasteiger partial charge in [0.2, 0.25) is 0 Å². The molecule has 0 fully saturated rings. The molecule has 0 N–H and O–H groups in total. The summed E-state index contributed by atoms with van der Waals surface area (Å²) in [6.07, 6.45) is 2.12. The van der Waals surface area contributed by atoms with E-state index in [1.54, 1.807) is 7.11 Å². The van der Waals surface area contributed by atoms with Crippen molar-refractivity contribution in [1.29, 1.82) is 0 Å². The number of halogens is 1. The highest BCUT2D eigenvalue weighted by atomic mass is 35.5. The quantitative estimate of drug-likeness (QED) is 0.698. The van der Waals surface area contributed by atoms with Gasteiger partial charge in [-0.2, -0.15) is 0 Å². The summed E-state index contributed by atoms with van der Waals surface area (Å²) in [4.78, 5) is 0. The first-order valence-electron chi connectivity index (χ1n) is 5.96. The predicted molar refractivity (Wildman–Crippen MR) is 74.0 cm³/mol. The fraction of sp³-hybridized carbons (Fsp3) is 0.333. The summed E-state index contributed by atoms with van der Waals surface area (Å²) in [5.74, 6) is 0.890. The standard InChI is InChI=1S/C15H17ClO/c1-3-4-15(16)13-6-5-12-10-14(17-2)8-7-11(12)9-13/h5-10,15H,3-4H2,1-2H3. The Balaban J connectivity index is 2.37. The minimum Gasteiger partial charge on any atom is -0.497 e. The molecule has 0 amide bonds. The van der Waals surface area contributed by atoms with E-state index in [-0.39, 0.29) is 5.38 Å². The first-order chi connectivity index (χ1) is 8.24. The van der Waals surface area contributed by atoms with E-state index in [1.807, 2.05) is 12.1 Å². The zero-order valence-corrected chi connectivity index (χ0v) is 11.0. The first-order valence-corrected chi connectivity index (χ1v) is 6.40. The third-order valence-electron chi connectivity index (χ3n) is 2.98. The average Bonchev–Trinajstić information content (AvgIpc) is 2.37. The molecule has 0 aliphatic heterocycles. The van der Waals surface area contributed by atoms with Crippen LogP contribution in [0.25, 0.3) is 10.8 Å². The van der Waals surface area contributed by atoms with E-state index in [1.165, 1.54) is 16.3 Å². The maximum Gasteiger partial charge on any atom is 0.119 e. The van der Waals surface area contributed by atoms with Gasteiger partial charge >= 0.3 is 0 Å². The zero-order valence-electron chi connectivity index (χ0n) is 10.2. The van der Waals surface area contributed by atoms with Crippen LogP contribution >= 0.6 is 11.6 Å². The molecule has 17 heavy (non-hydrogen) atoms. The van der Waals surface area contributed by atoms with Gasteiger partial charge in [-0.25, -0.2) is 0 Å². The summed E-state index contributed by atoms with van der Waals surface area (Å²) < 4.78 is 5.21. The molecule has 1 atom stereocenters. The number of fused-ring (bicyclic) bond motifs is 1. The van der Waals surface area contributed by atoms with Gasteiger partial charge in [-0.15, -0.1) is 11.6 Å². The van der Waals surface area contributed by atoms with E-state index in [4.69, 9.17) is 16.3 Å². The summed E-state index contributed by atoms with van der Waals surface area (Å²) in [7, 11) is 1.69. The van der Waals surface area contributed by atoms with E-state index >= 15 is 0 Å². The molecule has 0 saturated carbocycles. The molecule has 2 aromatic carbocycles. The minimum absolute atomic E-state index is 0.117. The van der Waals surface area contributed by atoms with E-state index < -0.39 is 0 Å². The fourth-order valence-electron chi connectivity index (χ4n) is 1.98. The number of benzene rings is 2. The van der Waals surface area contributed by atoms with Crippen LogP contribution in [0.5, 0.6) is 5.75 Å². The molecule has 0 bridgehead atoms. The molecule has 2 aromatic rings. The molecule has 1 nitrogen and oxygen atoms in total. The van der Waals surface area contributed by atoms with E-state index in [9.17, 15) is 0 Å². The molecule has 0 heterocycles. The monoisotopic (exact) mass is 248 g/mol. The molecule has 0 saturated heterocycles. The van der Waals surface area contributed by atoms with Gasteiger partial charge in [0.05, 0.1) is 12.5 Å². The average molecular weight is 249 g/mol. The molecule has 2 rings (SSSR count). The number of ether oxygens (including phenoxy) is 1. The Bertz CT molecular complexity index is 507. The van der Waals surface area contributed by atoms with Gasteiger partial charge < -0.3 is 4.74 Å². The van der Waals surface area contributed by atoms with Crippen LogP contribution in [0, 0.1) is 0 Å². The Kier molecular flexibility index (Phi) is 3.90. The molecule has 0 aliphatic rings. The van der Waals surface area contributed by atoms with Crippen LogP contribution in [-0.2, 0) is 0 Å². The molecule has 0 aliphatic carbocycles. The molecule has 0 aromatic heterocycles. The summed E-state index contributed by atoms with van der Waals surface area (Å²) in [6.45, 7) is 2.15. The van der Waals surface area contributed by atoms with Crippen molar-refractivity contribution in [2.75, 3.05) is 7.11 Å². The highest BCUT2D eigenvalue weighted by Gasteiger charge is 2.07. The molecular formula is C15H17ClO. The highest BCUT2D eigenvalue weighted by Crippen LogP contribution is 2.29. The number of hydrogen-bond acceptors (Lipinski definition) is 1. The lowest BCUT2D eigenvalue weighted by Gasteiger charge is -2.10. The van der Waals surface area contributed by atoms with Gasteiger partial charge in [-0.3, -0.25) is 0 Å². The fourth-order valence-corrected chi connectivity index (χ4v) is 2.34. The van der Waals surface area contributed by atoms with Crippen LogP contribution in [-0.4, -0.2) is 7.11 Å². The lowest BCUT2D eigenvalue weighted by Crippen LogP contribution is -1.90. The molecule has 2 heteroatoms. The van der Waals surface area contributed by atoms with Gasteiger partial charge in [-0.1, -0.05) is 31.5 Å². The number of alkyl halides is 1. The summed E-state index contributed by atoms with van der Waals surface area (Å²) in [6, 6.07) is 12.5. The lowest BCUT2D eigenvalue weighted by atomic mass is 10.0. The second kappa shape index (κ2) is 5.42. The Morgan fingerprint density at radius 1 is 1.12 bits per heavy atom. The van der Waals surface area contributed by atoms with Crippen molar-refractivity contribution in [3.05, 3.63) is 42.0 Å². The Morgan fingerprint density at radius 3 is 2.53 bits per heavy atom. The van der Waals surface area contributed by atoms with E-state index in [2.05, 4.69) is 31.2 Å². The molecule has 0 radical (unpaired) electrons. The van der Waals surface area contributed by atoms with Crippen LogP contribution in [0.3, 0.4) is 0 Å². The van der Waals surface area contributed by atoms with E-state index in [0.29, 0.717) is 0 Å². The van der Waals surface area contributed by atoms with Crippen molar-refractivity contribution in [3.8, 4) is 5.75 Å². The topological polar surface area (TPSA) is 9.23 Å². The van der Waals surface area contributed by atoms with Gasteiger partial charge in [0.15, 0.2) is 0 Å². The first kappa shape index (κ1) is 12.3. The van der Waals surface area contributed by atoms with Crippen LogP contribution in [0.2, 0.25) is 0 Å². The van der Waals surface area contributed by atoms with Crippen LogP contribution < -0.4 is 4.74 Å². The van der Waals surface area contributed by atoms with Gasteiger partial charge in [0, 0.05) is 0 Å². The second-order valence-corrected chi connectivity index (χ2v) is 4.76. The van der Waals surface area contributed by atoms with Crippen molar-refractivity contribution < 1.29 is 4.74 Å². The van der Waals surface area contributed by atoms with Gasteiger partial charge in [-0.05, 0) is 41.0 Å². The summed E-state index contributed by atoms with van der Waals surface area (Å²) in [5.41, 5.74) is 1.20. The van der Waals surface area contributed by atoms with Crippen LogP contribution in [0.4, 0.5) is 0 Å². The van der Waals surface area contributed by atoms with Crippen LogP contribution in [0.1, 0.15) is 30.7 Å². The molecule has 0 spiro atoms. The Morgan fingerprint density at radius 2 is 1.82 bits per heavy atom. The number of methoxy groups -OCH3 is 1. The summed E-state index contributed by atoms with van der Waals surface area (Å²) >= 11 is 6.34. The second-order valence-electron chi connectivity index (χ2n) is 4.23. The predicted octanol–water partition coefficient (Wildman–Crippen LogP) is 4.93. The number of hydrogen-bond donors (Lipinski definition) is 0. The third-order valence-corrected chi connectivity index (χ3v) is 3.45. The number of rotatable bonds is 4. The van der Waals surface area contributed by atoms with Crippen LogP contribution in [0.15, 0.2) is 36.4 Å². The largest absolute Gasteiger partial charge is 0.497 e. The third kappa shape index (κ3) is 2.73. The molecular weight excluding hydrogens is 232 g/mol. The minimum atomic E-state index is 0.117. The lowest BCUT2D eigenvalue weighted by molar-refractivity contribution is 0.415. The maximum atomic E-state index is 6.34. The van der Waals surface area contributed by atoms with Crippen molar-refractivity contribution >= 4 is 22.4 Å². The van der Waals surface area contributed by atoms with Gasteiger partial charge in [0.25, 0.3) is 0 Å². The smallest absolute Gasteiger partial charge is 0.119 e. The maximum absolute atomic E-state index is 6.34. The van der Waals surface area contributed by atoms with Crippen molar-refractivity contribution in [2.45, 2.75) is 25.1 Å². The van der Waals surface area contributed by atoms with Crippen molar-refractivity contribution in [2.24, 2.45) is 0 Å². The summed E-state index contributed by atoms with van der Waals surface area (Å²) in [5, 5.41) is 2.52. The van der Waals surface area contributed by atoms with Crippen molar-refractivity contribution in [1.82, 2.24) is 0 Å². The Hall–Kier alpha value is -1.21. The van der Waals surface area contributed by atoms with E-state index in [0.717, 1.165) is 18.6 Å². The normalized spacial score (nSPS) is 12.6.